The highest BCUT2D eigenvalue weighted by atomic mass is 16.1. The van der Waals surface area contributed by atoms with Crippen molar-refractivity contribution in [3.63, 3.8) is 0 Å². The molecule has 0 radical (unpaired) electrons. The van der Waals surface area contributed by atoms with Gasteiger partial charge in [0, 0.05) is 12.8 Å². The summed E-state index contributed by atoms with van der Waals surface area (Å²) in [7, 11) is 0. The molecular weight excluding hydrogens is 256 g/mol. The molecule has 0 N–H and O–H groups in total. The number of carbonyl (C=O) groups excluding carboxylic acids is 1. The maximum atomic E-state index is 11.7. The second-order valence-corrected chi connectivity index (χ2v) is 5.76. The lowest BCUT2D eigenvalue weighted by Crippen LogP contribution is -2.12. The average molecular weight is 272 g/mol. The molecule has 0 heterocycles. The minimum Gasteiger partial charge on any atom is -0.299 e. The molecule has 0 saturated carbocycles. The van der Waals surface area contributed by atoms with Gasteiger partial charge in [0.1, 0.15) is 5.78 Å². The Morgan fingerprint density at radius 2 is 1.48 bits per heavy atom. The fraction of sp³-hybridized carbons (Fsp3) is 0.150. The zero-order chi connectivity index (χ0) is 14.2. The van der Waals surface area contributed by atoms with Crippen molar-refractivity contribution >= 4 is 16.6 Å². The standard InChI is InChI=1S/C20H16O/c21-20-9-8-17-10-16-7-6-15(14-4-2-1-3-5-14)11-18(16)12-19(17)13-20/h1-7,10-12H,8-9,13H2. The van der Waals surface area contributed by atoms with Gasteiger partial charge in [-0.15, -0.1) is 0 Å². The summed E-state index contributed by atoms with van der Waals surface area (Å²) in [5.41, 5.74) is 5.01. The predicted molar refractivity (Wildman–Crippen MR) is 86.4 cm³/mol. The fourth-order valence-electron chi connectivity index (χ4n) is 3.17. The SMILES string of the molecule is O=C1CCc2cc3ccc(-c4ccccc4)cc3cc2C1. The van der Waals surface area contributed by atoms with Crippen LogP contribution in [0.3, 0.4) is 0 Å². The van der Waals surface area contributed by atoms with Crippen LogP contribution < -0.4 is 0 Å². The molecule has 21 heavy (non-hydrogen) atoms. The molecule has 0 atom stereocenters. The summed E-state index contributed by atoms with van der Waals surface area (Å²) in [6.07, 6.45) is 2.19. The van der Waals surface area contributed by atoms with E-state index in [0.717, 1.165) is 6.42 Å². The first kappa shape index (κ1) is 12.3. The predicted octanol–water partition coefficient (Wildman–Crippen LogP) is 4.56. The average Bonchev–Trinajstić information content (AvgIpc) is 2.53. The summed E-state index contributed by atoms with van der Waals surface area (Å²) in [4.78, 5) is 11.7. The molecular formula is C20H16O. The van der Waals surface area contributed by atoms with E-state index >= 15 is 0 Å². The van der Waals surface area contributed by atoms with Crippen molar-refractivity contribution < 1.29 is 4.79 Å². The molecule has 0 amide bonds. The van der Waals surface area contributed by atoms with Crippen LogP contribution in [0.2, 0.25) is 0 Å². The minimum absolute atomic E-state index is 0.362. The van der Waals surface area contributed by atoms with Crippen molar-refractivity contribution in [2.24, 2.45) is 0 Å². The zero-order valence-corrected chi connectivity index (χ0v) is 11.8. The van der Waals surface area contributed by atoms with Gasteiger partial charge in [0.05, 0.1) is 0 Å². The number of benzene rings is 3. The van der Waals surface area contributed by atoms with Crippen LogP contribution in [-0.2, 0) is 17.6 Å². The number of aryl methyl sites for hydroxylation is 1. The third-order valence-electron chi connectivity index (χ3n) is 4.33. The molecule has 1 nitrogen and oxygen atoms in total. The number of Topliss-reactive ketones (excluding diaryl/α,β-unsaturated/α-hetero) is 1. The Bertz CT molecular complexity index is 831. The topological polar surface area (TPSA) is 17.1 Å². The van der Waals surface area contributed by atoms with Crippen LogP contribution >= 0.6 is 0 Å². The number of rotatable bonds is 1. The quantitative estimate of drug-likeness (QED) is 0.634. The van der Waals surface area contributed by atoms with Gasteiger partial charge in [-0.05, 0) is 45.5 Å². The first-order valence-corrected chi connectivity index (χ1v) is 7.42. The molecule has 0 spiro atoms. The molecule has 0 saturated heterocycles. The number of ketones is 1. The van der Waals surface area contributed by atoms with Gasteiger partial charge in [-0.3, -0.25) is 4.79 Å². The third-order valence-corrected chi connectivity index (χ3v) is 4.33. The van der Waals surface area contributed by atoms with Crippen LogP contribution in [-0.4, -0.2) is 5.78 Å². The van der Waals surface area contributed by atoms with Crippen LogP contribution in [0.15, 0.2) is 60.7 Å². The normalized spacial score (nSPS) is 14.2. The van der Waals surface area contributed by atoms with Crippen LogP contribution in [0.5, 0.6) is 0 Å². The summed E-state index contributed by atoms with van der Waals surface area (Å²) < 4.78 is 0. The van der Waals surface area contributed by atoms with Crippen molar-refractivity contribution in [2.75, 3.05) is 0 Å². The Balaban J connectivity index is 1.86. The highest BCUT2D eigenvalue weighted by Gasteiger charge is 2.16. The van der Waals surface area contributed by atoms with E-state index < -0.39 is 0 Å². The monoisotopic (exact) mass is 272 g/mol. The molecule has 1 aliphatic rings. The molecule has 3 aromatic rings. The van der Waals surface area contributed by atoms with E-state index in [-0.39, 0.29) is 0 Å². The second kappa shape index (κ2) is 4.85. The molecule has 0 unspecified atom stereocenters. The number of hydrogen-bond acceptors (Lipinski definition) is 1. The Morgan fingerprint density at radius 1 is 0.667 bits per heavy atom. The number of fused-ring (bicyclic) bond motifs is 2. The van der Waals surface area contributed by atoms with E-state index in [9.17, 15) is 4.79 Å². The van der Waals surface area contributed by atoms with Gasteiger partial charge in [-0.1, -0.05) is 54.6 Å². The highest BCUT2D eigenvalue weighted by Crippen LogP contribution is 2.29. The molecule has 1 heteroatoms. The van der Waals surface area contributed by atoms with E-state index in [0.29, 0.717) is 18.6 Å². The fourth-order valence-corrected chi connectivity index (χ4v) is 3.17. The van der Waals surface area contributed by atoms with Gasteiger partial charge in [-0.2, -0.15) is 0 Å². The molecule has 0 aromatic heterocycles. The number of hydrogen-bond donors (Lipinski definition) is 0. The van der Waals surface area contributed by atoms with Crippen molar-refractivity contribution in [3.8, 4) is 11.1 Å². The molecule has 102 valence electrons. The Morgan fingerprint density at radius 3 is 2.33 bits per heavy atom. The van der Waals surface area contributed by atoms with E-state index in [1.54, 1.807) is 0 Å². The van der Waals surface area contributed by atoms with Gasteiger partial charge >= 0.3 is 0 Å². The summed E-state index contributed by atoms with van der Waals surface area (Å²) in [6.45, 7) is 0. The van der Waals surface area contributed by atoms with Crippen molar-refractivity contribution in [3.05, 3.63) is 71.8 Å². The van der Waals surface area contributed by atoms with E-state index in [1.807, 2.05) is 6.07 Å². The largest absolute Gasteiger partial charge is 0.299 e. The van der Waals surface area contributed by atoms with E-state index in [4.69, 9.17) is 0 Å². The highest BCUT2D eigenvalue weighted by molar-refractivity contribution is 5.91. The maximum absolute atomic E-state index is 11.7. The molecule has 0 bridgehead atoms. The van der Waals surface area contributed by atoms with E-state index in [1.165, 1.54) is 33.0 Å². The van der Waals surface area contributed by atoms with Crippen LogP contribution in [0.4, 0.5) is 0 Å². The van der Waals surface area contributed by atoms with Crippen LogP contribution in [0, 0.1) is 0 Å². The van der Waals surface area contributed by atoms with Gasteiger partial charge in [-0.25, -0.2) is 0 Å². The summed E-state index contributed by atoms with van der Waals surface area (Å²) >= 11 is 0. The summed E-state index contributed by atoms with van der Waals surface area (Å²) in [6, 6.07) is 21.5. The molecule has 4 rings (SSSR count). The van der Waals surface area contributed by atoms with Gasteiger partial charge < -0.3 is 0 Å². The smallest absolute Gasteiger partial charge is 0.137 e. The zero-order valence-electron chi connectivity index (χ0n) is 11.8. The van der Waals surface area contributed by atoms with Crippen LogP contribution in [0.25, 0.3) is 21.9 Å². The third kappa shape index (κ3) is 2.25. The molecule has 3 aromatic carbocycles. The molecule has 0 fully saturated rings. The Labute approximate surface area is 124 Å². The van der Waals surface area contributed by atoms with Crippen molar-refractivity contribution in [1.82, 2.24) is 0 Å². The van der Waals surface area contributed by atoms with E-state index in [2.05, 4.69) is 54.6 Å². The number of carbonyl (C=O) groups is 1. The maximum Gasteiger partial charge on any atom is 0.137 e. The first-order chi connectivity index (χ1) is 10.3. The second-order valence-electron chi connectivity index (χ2n) is 5.76. The van der Waals surface area contributed by atoms with Crippen LogP contribution in [0.1, 0.15) is 17.5 Å². The van der Waals surface area contributed by atoms with Gasteiger partial charge in [0.25, 0.3) is 0 Å². The summed E-state index contributed by atoms with van der Waals surface area (Å²) in [5.74, 6) is 0.362. The molecule has 1 aliphatic carbocycles. The van der Waals surface area contributed by atoms with Gasteiger partial charge in [0.2, 0.25) is 0 Å². The summed E-state index contributed by atoms with van der Waals surface area (Å²) in [5, 5.41) is 2.49. The lowest BCUT2D eigenvalue weighted by atomic mass is 9.88. The lowest BCUT2D eigenvalue weighted by Gasteiger charge is -2.16. The Hall–Kier alpha value is -2.41. The Kier molecular flexibility index (Phi) is 2.85. The van der Waals surface area contributed by atoms with Crippen molar-refractivity contribution in [2.45, 2.75) is 19.3 Å². The molecule has 0 aliphatic heterocycles. The van der Waals surface area contributed by atoms with Crippen molar-refractivity contribution in [1.29, 1.82) is 0 Å². The first-order valence-electron chi connectivity index (χ1n) is 7.42. The lowest BCUT2D eigenvalue weighted by molar-refractivity contribution is -0.118. The van der Waals surface area contributed by atoms with Gasteiger partial charge in [0.15, 0.2) is 0 Å². The minimum atomic E-state index is 0.362.